The molecule has 29 heavy (non-hydrogen) atoms. The molecule has 3 aromatic rings. The zero-order valence-electron chi connectivity index (χ0n) is 16.0. The molecule has 0 atom stereocenters. The van der Waals surface area contributed by atoms with Crippen LogP contribution in [0.25, 0.3) is 10.9 Å². The summed E-state index contributed by atoms with van der Waals surface area (Å²) in [5, 5.41) is 10.5. The monoisotopic (exact) mass is 436 g/mol. The first-order valence-electron chi connectivity index (χ1n) is 8.83. The van der Waals surface area contributed by atoms with Crippen molar-refractivity contribution in [3.05, 3.63) is 69.0 Å². The van der Waals surface area contributed by atoms with Crippen LogP contribution in [0.4, 0.5) is 0 Å². The Morgan fingerprint density at radius 3 is 2.59 bits per heavy atom. The number of ether oxygens (including phenoxy) is 1. The Morgan fingerprint density at radius 2 is 1.93 bits per heavy atom. The van der Waals surface area contributed by atoms with E-state index in [0.29, 0.717) is 16.3 Å². The van der Waals surface area contributed by atoms with Crippen molar-refractivity contribution in [3.63, 3.8) is 0 Å². The number of hydrogen-bond acceptors (Lipinski definition) is 5. The van der Waals surface area contributed by atoms with Gasteiger partial charge in [-0.3, -0.25) is 4.79 Å². The van der Waals surface area contributed by atoms with Gasteiger partial charge in [0.15, 0.2) is 0 Å². The summed E-state index contributed by atoms with van der Waals surface area (Å²) in [5.74, 6) is 0.599. The number of pyridine rings is 1. The molecular formula is C20H21ClN2O5S. The van der Waals surface area contributed by atoms with Crippen LogP contribution in [-0.4, -0.2) is 43.1 Å². The quantitative estimate of drug-likeness (QED) is 0.593. The van der Waals surface area contributed by atoms with Gasteiger partial charge in [-0.15, -0.1) is 0 Å². The Kier molecular flexibility index (Phi) is 6.28. The normalized spacial score (nSPS) is 11.9. The molecule has 2 N–H and O–H groups in total. The van der Waals surface area contributed by atoms with E-state index in [-0.39, 0.29) is 30.2 Å². The fourth-order valence-electron chi connectivity index (χ4n) is 2.94. The number of halogens is 1. The largest absolute Gasteiger partial charge is 0.497 e. The van der Waals surface area contributed by atoms with E-state index < -0.39 is 15.6 Å². The Hall–Kier alpha value is -2.39. The second-order valence-electron chi connectivity index (χ2n) is 6.55. The van der Waals surface area contributed by atoms with Crippen LogP contribution in [-0.2, 0) is 16.6 Å². The lowest BCUT2D eigenvalue weighted by Gasteiger charge is -2.21. The van der Waals surface area contributed by atoms with Crippen LogP contribution in [0, 0.1) is 6.92 Å². The molecule has 1 aromatic heterocycles. The van der Waals surface area contributed by atoms with E-state index >= 15 is 0 Å². The van der Waals surface area contributed by atoms with Gasteiger partial charge in [0.1, 0.15) is 5.75 Å². The number of aromatic nitrogens is 1. The lowest BCUT2D eigenvalue weighted by atomic mass is 10.1. The summed E-state index contributed by atoms with van der Waals surface area (Å²) in [4.78, 5) is 15.3. The van der Waals surface area contributed by atoms with Crippen LogP contribution in [0.5, 0.6) is 5.75 Å². The molecule has 2 aromatic carbocycles. The zero-order valence-corrected chi connectivity index (χ0v) is 17.5. The molecule has 0 aliphatic rings. The first-order chi connectivity index (χ1) is 13.8. The van der Waals surface area contributed by atoms with Gasteiger partial charge in [0.2, 0.25) is 10.0 Å². The Bertz CT molecular complexity index is 1210. The molecule has 0 spiro atoms. The van der Waals surface area contributed by atoms with Crippen molar-refractivity contribution in [2.24, 2.45) is 0 Å². The Morgan fingerprint density at radius 1 is 1.17 bits per heavy atom. The fraction of sp³-hybridized carbons (Fsp3) is 0.250. The van der Waals surface area contributed by atoms with Gasteiger partial charge in [0.05, 0.1) is 24.1 Å². The van der Waals surface area contributed by atoms with Crippen LogP contribution in [0.15, 0.2) is 52.2 Å². The summed E-state index contributed by atoms with van der Waals surface area (Å²) in [7, 11) is -2.43. The van der Waals surface area contributed by atoms with Gasteiger partial charge in [-0.2, -0.15) is 4.31 Å². The van der Waals surface area contributed by atoms with E-state index in [2.05, 4.69) is 4.98 Å². The van der Waals surface area contributed by atoms with Crippen LogP contribution >= 0.6 is 11.6 Å². The number of fused-ring (bicyclic) bond motifs is 1. The number of nitrogens with zero attached hydrogens (tertiary/aromatic N) is 1. The molecule has 0 aliphatic carbocycles. The molecule has 7 nitrogen and oxygen atoms in total. The third-order valence-electron chi connectivity index (χ3n) is 4.61. The van der Waals surface area contributed by atoms with Gasteiger partial charge in [-0.25, -0.2) is 8.42 Å². The van der Waals surface area contributed by atoms with E-state index in [4.69, 9.17) is 16.3 Å². The lowest BCUT2D eigenvalue weighted by molar-refractivity contribution is 0.251. The minimum Gasteiger partial charge on any atom is -0.497 e. The van der Waals surface area contributed by atoms with Crippen LogP contribution in [0.1, 0.15) is 11.1 Å². The molecular weight excluding hydrogens is 416 g/mol. The molecule has 0 saturated carbocycles. The highest BCUT2D eigenvalue weighted by molar-refractivity contribution is 7.89. The third-order valence-corrected chi connectivity index (χ3v) is 6.86. The number of benzene rings is 2. The lowest BCUT2D eigenvalue weighted by Crippen LogP contribution is -2.35. The molecule has 9 heteroatoms. The maximum Gasteiger partial charge on any atom is 0.252 e. The summed E-state index contributed by atoms with van der Waals surface area (Å²) in [6, 6.07) is 11.3. The molecule has 0 aliphatic heterocycles. The number of rotatable bonds is 7. The average molecular weight is 437 g/mol. The number of methoxy groups -OCH3 is 1. The highest BCUT2D eigenvalue weighted by Gasteiger charge is 2.26. The number of aliphatic hydroxyl groups is 1. The number of aliphatic hydroxyl groups excluding tert-OH is 1. The van der Waals surface area contributed by atoms with Crippen molar-refractivity contribution >= 4 is 32.5 Å². The van der Waals surface area contributed by atoms with Crippen molar-refractivity contribution < 1.29 is 18.3 Å². The molecule has 0 bridgehead atoms. The third kappa shape index (κ3) is 4.45. The fourth-order valence-corrected chi connectivity index (χ4v) is 4.62. The maximum absolute atomic E-state index is 13.1. The first-order valence-corrected chi connectivity index (χ1v) is 10.6. The van der Waals surface area contributed by atoms with Gasteiger partial charge in [-0.05, 0) is 48.2 Å². The SMILES string of the molecule is COc1ccc2cc(CN(CCO)S(=O)(=O)c3ccc(C)c(Cl)c3)c(=O)[nH]c2c1. The average Bonchev–Trinajstić information content (AvgIpc) is 2.69. The minimum atomic E-state index is -3.97. The summed E-state index contributed by atoms with van der Waals surface area (Å²) in [6.07, 6.45) is 0. The highest BCUT2D eigenvalue weighted by atomic mass is 35.5. The molecule has 0 amide bonds. The molecule has 0 unspecified atom stereocenters. The molecule has 1 heterocycles. The highest BCUT2D eigenvalue weighted by Crippen LogP contribution is 2.24. The van der Waals surface area contributed by atoms with E-state index in [1.165, 1.54) is 19.2 Å². The van der Waals surface area contributed by atoms with Gasteiger partial charge < -0.3 is 14.8 Å². The number of H-pyrrole nitrogens is 1. The minimum absolute atomic E-state index is 0.00324. The predicted molar refractivity (Wildman–Crippen MR) is 112 cm³/mol. The smallest absolute Gasteiger partial charge is 0.252 e. The topological polar surface area (TPSA) is 99.7 Å². The van der Waals surface area contributed by atoms with Crippen molar-refractivity contribution in [1.29, 1.82) is 0 Å². The van der Waals surface area contributed by atoms with E-state index in [9.17, 15) is 18.3 Å². The Balaban J connectivity index is 2.01. The number of aromatic amines is 1. The summed E-state index contributed by atoms with van der Waals surface area (Å²) in [6.45, 7) is 1.04. The number of hydrogen-bond donors (Lipinski definition) is 2. The van der Waals surface area contributed by atoms with Crippen LogP contribution < -0.4 is 10.3 Å². The van der Waals surface area contributed by atoms with Gasteiger partial charge in [-0.1, -0.05) is 17.7 Å². The molecule has 0 radical (unpaired) electrons. The first kappa shape index (κ1) is 21.3. The van der Waals surface area contributed by atoms with Gasteiger partial charge in [0, 0.05) is 29.7 Å². The zero-order chi connectivity index (χ0) is 21.2. The standard InChI is InChI=1S/C20H21ClN2O5S/c1-13-3-6-17(11-18(13)21)29(26,27)23(7-8-24)12-15-9-14-4-5-16(28-2)10-19(14)22-20(15)25/h3-6,9-11,24H,7-8,12H2,1-2H3,(H,22,25). The predicted octanol–water partition coefficient (Wildman–Crippen LogP) is 2.68. The Labute approximate surface area is 173 Å². The van der Waals surface area contributed by atoms with E-state index in [0.717, 1.165) is 15.3 Å². The van der Waals surface area contributed by atoms with Crippen LogP contribution in [0.3, 0.4) is 0 Å². The van der Waals surface area contributed by atoms with E-state index in [1.807, 2.05) is 0 Å². The number of sulfonamides is 1. The van der Waals surface area contributed by atoms with Crippen molar-refractivity contribution in [2.45, 2.75) is 18.4 Å². The van der Waals surface area contributed by atoms with Crippen molar-refractivity contribution in [1.82, 2.24) is 9.29 Å². The van der Waals surface area contributed by atoms with Crippen molar-refractivity contribution in [2.75, 3.05) is 20.3 Å². The summed E-state index contributed by atoms with van der Waals surface area (Å²) in [5.41, 5.74) is 1.18. The van der Waals surface area contributed by atoms with Crippen molar-refractivity contribution in [3.8, 4) is 5.75 Å². The van der Waals surface area contributed by atoms with Gasteiger partial charge in [0.25, 0.3) is 5.56 Å². The summed E-state index contributed by atoms with van der Waals surface area (Å²) >= 11 is 6.08. The van der Waals surface area contributed by atoms with E-state index in [1.54, 1.807) is 37.3 Å². The van der Waals surface area contributed by atoms with Gasteiger partial charge >= 0.3 is 0 Å². The molecule has 0 fully saturated rings. The van der Waals surface area contributed by atoms with Crippen LogP contribution in [0.2, 0.25) is 5.02 Å². The maximum atomic E-state index is 13.1. The second-order valence-corrected chi connectivity index (χ2v) is 8.90. The second kappa shape index (κ2) is 8.54. The summed E-state index contributed by atoms with van der Waals surface area (Å²) < 4.78 is 32.4. The number of nitrogens with one attached hydrogen (secondary N) is 1. The molecule has 0 saturated heterocycles. The molecule has 154 valence electrons. The number of aryl methyl sites for hydroxylation is 1. The molecule has 3 rings (SSSR count).